The summed E-state index contributed by atoms with van der Waals surface area (Å²) in [4.78, 5) is 11.8. The molecule has 0 spiro atoms. The number of aliphatic hydroxyl groups is 1. The van der Waals surface area contributed by atoms with Gasteiger partial charge in [0.1, 0.15) is 5.82 Å². The van der Waals surface area contributed by atoms with Crippen LogP contribution >= 0.6 is 27.7 Å². The molecule has 0 aromatic heterocycles. The molecule has 1 atom stereocenters. The monoisotopic (exact) mass is 319 g/mol. The first-order valence-electron chi connectivity index (χ1n) is 5.08. The van der Waals surface area contributed by atoms with E-state index in [9.17, 15) is 14.3 Å². The van der Waals surface area contributed by atoms with Crippen LogP contribution in [0.1, 0.15) is 6.42 Å². The van der Waals surface area contributed by atoms with Gasteiger partial charge in [0.2, 0.25) is 0 Å². The molecule has 1 aromatic carbocycles. The number of nitrogens with one attached hydrogen (secondary N) is 1. The fourth-order valence-electron chi connectivity index (χ4n) is 1.56. The van der Waals surface area contributed by atoms with Gasteiger partial charge in [-0.15, -0.1) is 0 Å². The molecule has 1 aliphatic heterocycles. The first-order valence-corrected chi connectivity index (χ1v) is 7.03. The van der Waals surface area contributed by atoms with Crippen molar-refractivity contribution in [2.24, 2.45) is 0 Å². The van der Waals surface area contributed by atoms with Crippen molar-refractivity contribution in [3.63, 3.8) is 0 Å². The summed E-state index contributed by atoms with van der Waals surface area (Å²) in [7, 11) is 0. The van der Waals surface area contributed by atoms with Crippen LogP contribution in [0.3, 0.4) is 0 Å². The van der Waals surface area contributed by atoms with Crippen molar-refractivity contribution in [2.75, 3.05) is 16.8 Å². The van der Waals surface area contributed by atoms with E-state index in [1.54, 1.807) is 6.07 Å². The van der Waals surface area contributed by atoms with Gasteiger partial charge in [-0.25, -0.2) is 4.39 Å². The fourth-order valence-corrected chi connectivity index (χ4v) is 3.14. The maximum atomic E-state index is 13.5. The Morgan fingerprint density at radius 1 is 1.59 bits per heavy atom. The number of carbonyl (C=O) groups excluding carboxylic acids is 1. The third-order valence-electron chi connectivity index (χ3n) is 2.60. The van der Waals surface area contributed by atoms with Gasteiger partial charge >= 0.3 is 0 Å². The highest BCUT2D eigenvalue weighted by molar-refractivity contribution is 9.10. The van der Waals surface area contributed by atoms with Crippen LogP contribution in [0.25, 0.3) is 0 Å². The summed E-state index contributed by atoms with van der Waals surface area (Å²) in [6, 6.07) is 4.36. The zero-order chi connectivity index (χ0) is 12.5. The lowest BCUT2D eigenvalue weighted by molar-refractivity contribution is -0.131. The maximum Gasteiger partial charge on any atom is 0.257 e. The van der Waals surface area contributed by atoms with E-state index in [4.69, 9.17) is 0 Å². The molecule has 1 aliphatic rings. The molecule has 0 saturated carbocycles. The Balaban J connectivity index is 2.13. The van der Waals surface area contributed by atoms with E-state index in [1.165, 1.54) is 23.9 Å². The van der Waals surface area contributed by atoms with Crippen LogP contribution in [-0.2, 0) is 4.79 Å². The van der Waals surface area contributed by atoms with E-state index >= 15 is 0 Å². The number of amides is 1. The Morgan fingerprint density at radius 2 is 2.35 bits per heavy atom. The highest BCUT2D eigenvalue weighted by Gasteiger charge is 2.39. The van der Waals surface area contributed by atoms with Crippen LogP contribution in [0.15, 0.2) is 22.7 Å². The third kappa shape index (κ3) is 2.81. The second-order valence-corrected chi connectivity index (χ2v) is 5.93. The molecule has 0 radical (unpaired) electrons. The Hall–Kier alpha value is -0.590. The number of rotatable bonds is 2. The van der Waals surface area contributed by atoms with E-state index in [0.29, 0.717) is 16.6 Å². The van der Waals surface area contributed by atoms with Crippen LogP contribution in [0.5, 0.6) is 0 Å². The zero-order valence-electron chi connectivity index (χ0n) is 8.87. The molecule has 1 fully saturated rings. The maximum absolute atomic E-state index is 13.5. The van der Waals surface area contributed by atoms with E-state index in [2.05, 4.69) is 21.2 Å². The number of hydrogen-bond acceptors (Lipinski definition) is 3. The van der Waals surface area contributed by atoms with E-state index < -0.39 is 17.3 Å². The lowest BCUT2D eigenvalue weighted by Crippen LogP contribution is -2.43. The first kappa shape index (κ1) is 12.9. The summed E-state index contributed by atoms with van der Waals surface area (Å²) < 4.78 is 14.1. The molecule has 1 amide bonds. The molecule has 1 saturated heterocycles. The predicted molar refractivity (Wildman–Crippen MR) is 69.6 cm³/mol. The lowest BCUT2D eigenvalue weighted by atomic mass is 10.0. The quantitative estimate of drug-likeness (QED) is 0.880. The van der Waals surface area contributed by atoms with Gasteiger partial charge in [0, 0.05) is 10.2 Å². The molecule has 92 valence electrons. The van der Waals surface area contributed by atoms with Crippen molar-refractivity contribution in [3.05, 3.63) is 28.5 Å². The topological polar surface area (TPSA) is 49.3 Å². The van der Waals surface area contributed by atoms with Crippen LogP contribution in [0.4, 0.5) is 10.1 Å². The SMILES string of the molecule is O=C(Nc1ccc(Br)cc1F)C1(O)CCSC1. The molecular weight excluding hydrogens is 309 g/mol. The number of hydrogen-bond donors (Lipinski definition) is 2. The summed E-state index contributed by atoms with van der Waals surface area (Å²) in [6.07, 6.45) is 0.404. The number of halogens is 2. The smallest absolute Gasteiger partial charge is 0.257 e. The van der Waals surface area contributed by atoms with Gasteiger partial charge in [0.25, 0.3) is 5.91 Å². The number of thioether (sulfide) groups is 1. The summed E-state index contributed by atoms with van der Waals surface area (Å²) in [5.41, 5.74) is -1.28. The molecule has 1 heterocycles. The van der Waals surface area contributed by atoms with Crippen molar-refractivity contribution in [2.45, 2.75) is 12.0 Å². The second-order valence-electron chi connectivity index (χ2n) is 3.91. The third-order valence-corrected chi connectivity index (χ3v) is 4.27. The van der Waals surface area contributed by atoms with Crippen LogP contribution in [-0.4, -0.2) is 28.1 Å². The molecule has 1 aromatic rings. The molecular formula is C11H11BrFNO2S. The summed E-state index contributed by atoms with van der Waals surface area (Å²) >= 11 is 4.65. The normalized spacial score (nSPS) is 23.7. The molecule has 17 heavy (non-hydrogen) atoms. The highest BCUT2D eigenvalue weighted by Crippen LogP contribution is 2.29. The Bertz CT molecular complexity index is 449. The minimum atomic E-state index is -1.37. The standard InChI is InChI=1S/C11H11BrFNO2S/c12-7-1-2-9(8(13)5-7)14-10(15)11(16)3-4-17-6-11/h1-2,5,16H,3-4,6H2,(H,14,15). The summed E-state index contributed by atoms with van der Waals surface area (Å²) in [6.45, 7) is 0. The molecule has 3 nitrogen and oxygen atoms in total. The van der Waals surface area contributed by atoms with Gasteiger partial charge in [-0.3, -0.25) is 4.79 Å². The fraction of sp³-hybridized carbons (Fsp3) is 0.364. The summed E-state index contributed by atoms with van der Waals surface area (Å²) in [5.74, 6) is 0.0367. The molecule has 2 N–H and O–H groups in total. The van der Waals surface area contributed by atoms with Crippen molar-refractivity contribution < 1.29 is 14.3 Å². The van der Waals surface area contributed by atoms with Gasteiger partial charge in [0.15, 0.2) is 5.60 Å². The lowest BCUT2D eigenvalue weighted by Gasteiger charge is -2.20. The Labute approximate surface area is 111 Å². The van der Waals surface area contributed by atoms with Crippen molar-refractivity contribution in [1.82, 2.24) is 0 Å². The average molecular weight is 320 g/mol. The zero-order valence-corrected chi connectivity index (χ0v) is 11.3. The second kappa shape index (κ2) is 4.96. The van der Waals surface area contributed by atoms with Gasteiger partial charge in [-0.2, -0.15) is 11.8 Å². The molecule has 0 aliphatic carbocycles. The van der Waals surface area contributed by atoms with Crippen molar-refractivity contribution in [3.8, 4) is 0 Å². The van der Waals surface area contributed by atoms with Crippen LogP contribution in [0, 0.1) is 5.82 Å². The van der Waals surface area contributed by atoms with Gasteiger partial charge in [0.05, 0.1) is 5.69 Å². The molecule has 1 unspecified atom stereocenters. The first-order chi connectivity index (χ1) is 8.01. The largest absolute Gasteiger partial charge is 0.379 e. The average Bonchev–Trinajstić information content (AvgIpc) is 2.71. The Kier molecular flexibility index (Phi) is 3.75. The van der Waals surface area contributed by atoms with E-state index in [1.807, 2.05) is 0 Å². The number of carbonyl (C=O) groups is 1. The van der Waals surface area contributed by atoms with Crippen LogP contribution in [0.2, 0.25) is 0 Å². The highest BCUT2D eigenvalue weighted by atomic mass is 79.9. The van der Waals surface area contributed by atoms with Crippen molar-refractivity contribution in [1.29, 1.82) is 0 Å². The van der Waals surface area contributed by atoms with Crippen molar-refractivity contribution >= 4 is 39.3 Å². The predicted octanol–water partition coefficient (Wildman–Crippen LogP) is 2.39. The van der Waals surface area contributed by atoms with Gasteiger partial charge in [-0.1, -0.05) is 15.9 Å². The minimum absolute atomic E-state index is 0.0866. The summed E-state index contributed by atoms with van der Waals surface area (Å²) in [5, 5.41) is 12.4. The molecule has 6 heteroatoms. The van der Waals surface area contributed by atoms with E-state index in [0.717, 1.165) is 5.75 Å². The van der Waals surface area contributed by atoms with Crippen LogP contribution < -0.4 is 5.32 Å². The minimum Gasteiger partial charge on any atom is -0.379 e. The van der Waals surface area contributed by atoms with E-state index in [-0.39, 0.29) is 5.69 Å². The van der Waals surface area contributed by atoms with Gasteiger partial charge in [-0.05, 0) is 30.4 Å². The molecule has 2 rings (SSSR count). The Morgan fingerprint density at radius 3 is 2.94 bits per heavy atom. The number of anilines is 1. The molecule has 0 bridgehead atoms. The van der Waals surface area contributed by atoms with Gasteiger partial charge < -0.3 is 10.4 Å². The number of benzene rings is 1.